The summed E-state index contributed by atoms with van der Waals surface area (Å²) in [7, 11) is -9.91. The van der Waals surface area contributed by atoms with Gasteiger partial charge in [0.05, 0.1) is 26.4 Å². The molecule has 0 radical (unpaired) electrons. The molecule has 3 N–H and O–H groups in total. The predicted molar refractivity (Wildman–Crippen MR) is 381 cm³/mol. The third-order valence-electron chi connectivity index (χ3n) is 17.4. The molecule has 5 atom stereocenters. The van der Waals surface area contributed by atoms with Crippen LogP contribution in [0.2, 0.25) is 0 Å². The molecule has 0 bridgehead atoms. The monoisotopic (exact) mass is 1380 g/mol. The van der Waals surface area contributed by atoms with Crippen molar-refractivity contribution in [2.45, 2.75) is 401 Å². The van der Waals surface area contributed by atoms with E-state index < -0.39 is 97.5 Å². The third-order valence-corrected chi connectivity index (χ3v) is 19.3. The van der Waals surface area contributed by atoms with Crippen LogP contribution in [0.15, 0.2) is 0 Å². The van der Waals surface area contributed by atoms with E-state index in [1.807, 2.05) is 0 Å². The first kappa shape index (κ1) is 92.1. The SMILES string of the molecule is CCCCCCCCCCCCCCCCCC(=O)OC[C@H](COP(=O)(O)OC[C@@H](O)COP(=O)(O)OC[C@@H](COC(=O)CCCCCCCCCCCC(C)C)OC(=O)CCCCCCCCCCCC(C)C)OC(=O)CCCCCCCCCCCCCCC(C)C. The molecule has 19 heteroatoms. The molecule has 0 aliphatic carbocycles. The van der Waals surface area contributed by atoms with Crippen LogP contribution in [-0.4, -0.2) is 96.7 Å². The molecule has 0 amide bonds. The van der Waals surface area contributed by atoms with Crippen molar-refractivity contribution < 1.29 is 80.2 Å². The standard InChI is InChI=1S/C75H146O17P2/c1-8-9-10-11-12-13-14-15-16-17-21-28-35-42-49-56-72(77)85-62-70(91-74(79)58-51-44-37-29-22-19-18-20-25-32-39-46-53-66(2)3)64-89-93(81,82)87-60-69(76)61-88-94(83,84)90-65-71(92-75(80)59-52-45-38-31-24-27-34-41-48-55-68(6)7)63-86-73(78)57-50-43-36-30-23-26-33-40-47-54-67(4)5/h66-71,76H,8-65H2,1-7H3,(H,81,82)(H,83,84)/t69-,70-,71-/m1/s1. The number of phosphoric ester groups is 2. The molecule has 0 fully saturated rings. The van der Waals surface area contributed by atoms with E-state index in [-0.39, 0.29) is 25.7 Å². The average molecular weight is 1380 g/mol. The maximum atomic E-state index is 13.1. The van der Waals surface area contributed by atoms with E-state index in [0.29, 0.717) is 25.7 Å². The zero-order valence-electron chi connectivity index (χ0n) is 61.4. The Morgan fingerprint density at radius 1 is 0.287 bits per heavy atom. The van der Waals surface area contributed by atoms with Gasteiger partial charge in [0.1, 0.15) is 19.3 Å². The summed E-state index contributed by atoms with van der Waals surface area (Å²) in [6.07, 6.45) is 51.3. The number of aliphatic hydroxyl groups excluding tert-OH is 1. The maximum Gasteiger partial charge on any atom is 0.472 e. The summed E-state index contributed by atoms with van der Waals surface area (Å²) in [6.45, 7) is 11.9. The van der Waals surface area contributed by atoms with Crippen LogP contribution in [0.4, 0.5) is 0 Å². The molecule has 0 aromatic heterocycles. The number of phosphoric acid groups is 2. The summed E-state index contributed by atoms with van der Waals surface area (Å²) < 4.78 is 68.5. The minimum Gasteiger partial charge on any atom is -0.462 e. The summed E-state index contributed by atoms with van der Waals surface area (Å²) in [5, 5.41) is 10.6. The van der Waals surface area contributed by atoms with E-state index in [1.165, 1.54) is 193 Å². The van der Waals surface area contributed by atoms with Crippen molar-refractivity contribution in [3.63, 3.8) is 0 Å². The summed E-state index contributed by atoms with van der Waals surface area (Å²) in [5.41, 5.74) is 0. The quantitative estimate of drug-likeness (QED) is 0.0222. The number of hydrogen-bond acceptors (Lipinski definition) is 15. The van der Waals surface area contributed by atoms with Crippen molar-refractivity contribution in [2.24, 2.45) is 17.8 Å². The third kappa shape index (κ3) is 68.6. The summed E-state index contributed by atoms with van der Waals surface area (Å²) >= 11 is 0. The first-order valence-corrected chi connectivity index (χ1v) is 41.8. The van der Waals surface area contributed by atoms with Crippen molar-refractivity contribution >= 4 is 39.5 Å². The van der Waals surface area contributed by atoms with Gasteiger partial charge in [0.2, 0.25) is 0 Å². The van der Waals surface area contributed by atoms with Gasteiger partial charge in [0, 0.05) is 25.7 Å². The molecule has 0 saturated carbocycles. The summed E-state index contributed by atoms with van der Waals surface area (Å²) in [4.78, 5) is 72.8. The van der Waals surface area contributed by atoms with Crippen LogP contribution in [0.25, 0.3) is 0 Å². The molecule has 0 aromatic rings. The van der Waals surface area contributed by atoms with Crippen LogP contribution < -0.4 is 0 Å². The molecule has 0 aliphatic heterocycles. The molecule has 0 saturated heterocycles. The van der Waals surface area contributed by atoms with E-state index in [9.17, 15) is 43.2 Å². The van der Waals surface area contributed by atoms with Crippen LogP contribution in [0.1, 0.15) is 382 Å². The fraction of sp³-hybridized carbons (Fsp3) is 0.947. The normalized spacial score (nSPS) is 14.1. The fourth-order valence-corrected chi connectivity index (χ4v) is 13.0. The van der Waals surface area contributed by atoms with Crippen molar-refractivity contribution in [1.29, 1.82) is 0 Å². The van der Waals surface area contributed by atoms with Gasteiger partial charge in [-0.25, -0.2) is 9.13 Å². The van der Waals surface area contributed by atoms with Gasteiger partial charge in [-0.15, -0.1) is 0 Å². The maximum absolute atomic E-state index is 13.1. The topological polar surface area (TPSA) is 237 Å². The van der Waals surface area contributed by atoms with Gasteiger partial charge < -0.3 is 33.8 Å². The van der Waals surface area contributed by atoms with E-state index in [2.05, 4.69) is 48.5 Å². The number of esters is 4. The molecule has 94 heavy (non-hydrogen) atoms. The van der Waals surface area contributed by atoms with E-state index >= 15 is 0 Å². The van der Waals surface area contributed by atoms with Gasteiger partial charge in [-0.3, -0.25) is 37.3 Å². The predicted octanol–water partition coefficient (Wildman–Crippen LogP) is 21.8. The van der Waals surface area contributed by atoms with Gasteiger partial charge in [0.15, 0.2) is 12.2 Å². The minimum absolute atomic E-state index is 0.105. The molecule has 0 aliphatic rings. The van der Waals surface area contributed by atoms with Gasteiger partial charge in [-0.1, -0.05) is 331 Å². The van der Waals surface area contributed by atoms with Crippen LogP contribution in [-0.2, 0) is 65.4 Å². The number of carbonyl (C=O) groups excluding carboxylic acids is 4. The lowest BCUT2D eigenvalue weighted by Crippen LogP contribution is -2.30. The second-order valence-electron chi connectivity index (χ2n) is 28.5. The van der Waals surface area contributed by atoms with Crippen LogP contribution >= 0.6 is 15.6 Å². The van der Waals surface area contributed by atoms with Crippen molar-refractivity contribution in [2.75, 3.05) is 39.6 Å². The van der Waals surface area contributed by atoms with Crippen molar-refractivity contribution in [3.8, 4) is 0 Å². The highest BCUT2D eigenvalue weighted by molar-refractivity contribution is 7.47. The molecule has 0 heterocycles. The molecular formula is C75H146O17P2. The highest BCUT2D eigenvalue weighted by Gasteiger charge is 2.30. The number of rotatable bonds is 73. The number of hydrogen-bond donors (Lipinski definition) is 3. The highest BCUT2D eigenvalue weighted by atomic mass is 31.2. The largest absolute Gasteiger partial charge is 0.472 e. The number of aliphatic hydroxyl groups is 1. The molecule has 17 nitrogen and oxygen atoms in total. The van der Waals surface area contributed by atoms with Gasteiger partial charge in [-0.05, 0) is 43.4 Å². The molecule has 558 valence electrons. The summed E-state index contributed by atoms with van der Waals surface area (Å²) in [5.74, 6) is 0.138. The Balaban J connectivity index is 5.26. The Kier molecular flexibility index (Phi) is 64.3. The zero-order chi connectivity index (χ0) is 69.4. The van der Waals surface area contributed by atoms with E-state index in [1.54, 1.807) is 0 Å². The number of unbranched alkanes of at least 4 members (excludes halogenated alkanes) is 41. The first-order valence-electron chi connectivity index (χ1n) is 38.8. The molecule has 2 unspecified atom stereocenters. The second-order valence-corrected chi connectivity index (χ2v) is 31.4. The Morgan fingerprint density at radius 2 is 0.489 bits per heavy atom. The smallest absolute Gasteiger partial charge is 0.462 e. The zero-order valence-corrected chi connectivity index (χ0v) is 63.2. The molecule has 0 spiro atoms. The van der Waals surface area contributed by atoms with E-state index in [4.69, 9.17) is 37.0 Å². The lowest BCUT2D eigenvalue weighted by atomic mass is 10.0. The first-order chi connectivity index (χ1) is 45.2. The van der Waals surface area contributed by atoms with E-state index in [0.717, 1.165) is 108 Å². The molecular weight excluding hydrogens is 1230 g/mol. The second kappa shape index (κ2) is 65.7. The Hall–Kier alpha value is -1.94. The van der Waals surface area contributed by atoms with Crippen LogP contribution in [0, 0.1) is 17.8 Å². The molecule has 0 rings (SSSR count). The summed E-state index contributed by atoms with van der Waals surface area (Å²) in [6, 6.07) is 0. The van der Waals surface area contributed by atoms with Crippen molar-refractivity contribution in [1.82, 2.24) is 0 Å². The Morgan fingerprint density at radius 3 is 0.723 bits per heavy atom. The molecule has 0 aromatic carbocycles. The van der Waals surface area contributed by atoms with Gasteiger partial charge in [0.25, 0.3) is 0 Å². The van der Waals surface area contributed by atoms with Crippen LogP contribution in [0.3, 0.4) is 0 Å². The Bertz CT molecular complexity index is 1840. The average Bonchev–Trinajstić information content (AvgIpc) is 1.42. The lowest BCUT2D eigenvalue weighted by Gasteiger charge is -2.21. The highest BCUT2D eigenvalue weighted by Crippen LogP contribution is 2.45. The number of ether oxygens (including phenoxy) is 4. The van der Waals surface area contributed by atoms with Gasteiger partial charge >= 0.3 is 39.5 Å². The lowest BCUT2D eigenvalue weighted by molar-refractivity contribution is -0.161. The Labute approximate surface area is 575 Å². The minimum atomic E-state index is -4.96. The van der Waals surface area contributed by atoms with Crippen molar-refractivity contribution in [3.05, 3.63) is 0 Å². The van der Waals surface area contributed by atoms with Crippen LogP contribution in [0.5, 0.6) is 0 Å². The van der Waals surface area contributed by atoms with Gasteiger partial charge in [-0.2, -0.15) is 0 Å². The number of carbonyl (C=O) groups is 4. The fourth-order valence-electron chi connectivity index (χ4n) is 11.4.